The average molecular weight is 494 g/mol. The molecule has 5 aliphatic carbocycles. The zero-order valence-electron chi connectivity index (χ0n) is 22.9. The third-order valence-corrected chi connectivity index (χ3v) is 12.2. The Morgan fingerprint density at radius 1 is 1.19 bits per heavy atom. The van der Waals surface area contributed by atoms with Crippen LogP contribution in [0.1, 0.15) is 91.2 Å². The van der Waals surface area contributed by atoms with Gasteiger partial charge in [0.25, 0.3) is 0 Å². The second-order valence-corrected chi connectivity index (χ2v) is 14.7. The van der Waals surface area contributed by atoms with Crippen molar-refractivity contribution in [1.29, 1.82) is 0 Å². The number of esters is 1. The molecule has 7 aliphatic rings. The Labute approximate surface area is 215 Å². The molecule has 1 saturated heterocycles. The highest BCUT2D eigenvalue weighted by molar-refractivity contribution is 5.72. The number of rotatable bonds is 4. The largest absolute Gasteiger partial charge is 0.485 e. The summed E-state index contributed by atoms with van der Waals surface area (Å²) in [5.41, 5.74) is 1.57. The lowest BCUT2D eigenvalue weighted by atomic mass is 9.31. The minimum Gasteiger partial charge on any atom is -0.485 e. The summed E-state index contributed by atoms with van der Waals surface area (Å²) >= 11 is 0. The lowest BCUT2D eigenvalue weighted by Gasteiger charge is -2.75. The molecule has 1 aromatic rings. The standard InChI is InChI=1S/C31H43NO4/c1-18(33)35-21-10-9-20-15-23-30-12-11-28(5,22(16-30)29(6,34)27(2,3)4)26-31(30,24(20)25(21)36-26)13-14-32(23)17-19-7-8-19/h9-10,19,22-23,26,34H,7-8,11-17H2,1-6H3/t22?,23?,26-,28?,29?,30?,31-/m0/s1. The van der Waals surface area contributed by atoms with Crippen molar-refractivity contribution >= 4 is 5.97 Å². The lowest BCUT2D eigenvalue weighted by Crippen LogP contribution is -2.80. The van der Waals surface area contributed by atoms with Crippen molar-refractivity contribution in [3.8, 4) is 11.5 Å². The number of aliphatic hydroxyl groups is 1. The van der Waals surface area contributed by atoms with Crippen molar-refractivity contribution in [3.05, 3.63) is 23.3 Å². The van der Waals surface area contributed by atoms with Crippen molar-refractivity contribution in [1.82, 2.24) is 4.90 Å². The summed E-state index contributed by atoms with van der Waals surface area (Å²) < 4.78 is 12.8. The molecule has 1 N–H and O–H groups in total. The van der Waals surface area contributed by atoms with Gasteiger partial charge in [0.2, 0.25) is 0 Å². The molecule has 5 fully saturated rings. The first-order chi connectivity index (χ1) is 16.8. The van der Waals surface area contributed by atoms with Gasteiger partial charge < -0.3 is 14.6 Å². The van der Waals surface area contributed by atoms with E-state index in [1.165, 1.54) is 43.9 Å². The molecule has 5 unspecified atom stereocenters. The molecule has 2 spiro atoms. The number of piperidine rings is 1. The predicted octanol–water partition coefficient (Wildman–Crippen LogP) is 5.25. The minimum atomic E-state index is -0.816. The van der Waals surface area contributed by atoms with Crippen LogP contribution < -0.4 is 9.47 Å². The highest BCUT2D eigenvalue weighted by Crippen LogP contribution is 2.79. The molecular formula is C31H43NO4. The molecule has 0 radical (unpaired) electrons. The van der Waals surface area contributed by atoms with Gasteiger partial charge in [0.05, 0.1) is 5.60 Å². The Bertz CT molecular complexity index is 1150. The van der Waals surface area contributed by atoms with Crippen molar-refractivity contribution in [2.75, 3.05) is 13.1 Å². The van der Waals surface area contributed by atoms with Crippen LogP contribution in [-0.4, -0.2) is 46.8 Å². The molecule has 5 heteroatoms. The number of hydrogen-bond donors (Lipinski definition) is 1. The van der Waals surface area contributed by atoms with E-state index in [0.29, 0.717) is 11.8 Å². The lowest BCUT2D eigenvalue weighted by molar-refractivity contribution is -0.276. The Balaban J connectivity index is 1.45. The van der Waals surface area contributed by atoms with Gasteiger partial charge in [-0.05, 0) is 87.3 Å². The molecule has 4 saturated carbocycles. The zero-order valence-corrected chi connectivity index (χ0v) is 22.9. The van der Waals surface area contributed by atoms with Gasteiger partial charge in [0, 0.05) is 41.3 Å². The fourth-order valence-corrected chi connectivity index (χ4v) is 9.94. The minimum absolute atomic E-state index is 0.00246. The summed E-state index contributed by atoms with van der Waals surface area (Å²) in [5.74, 6) is 2.12. The van der Waals surface area contributed by atoms with Crippen LogP contribution in [0.4, 0.5) is 0 Å². The van der Waals surface area contributed by atoms with Gasteiger partial charge in [-0.25, -0.2) is 0 Å². The summed E-state index contributed by atoms with van der Waals surface area (Å²) in [4.78, 5) is 14.9. The normalized spacial score (nSPS) is 41.9. The van der Waals surface area contributed by atoms with Crippen LogP contribution in [-0.2, 0) is 16.6 Å². The van der Waals surface area contributed by atoms with Gasteiger partial charge in [-0.2, -0.15) is 0 Å². The van der Waals surface area contributed by atoms with Crippen LogP contribution in [0.3, 0.4) is 0 Å². The van der Waals surface area contributed by atoms with E-state index < -0.39 is 5.60 Å². The van der Waals surface area contributed by atoms with Crippen LogP contribution in [0.5, 0.6) is 11.5 Å². The first-order valence-electron chi connectivity index (χ1n) is 14.3. The topological polar surface area (TPSA) is 59.0 Å². The molecule has 4 bridgehead atoms. The highest BCUT2D eigenvalue weighted by Gasteiger charge is 2.80. The molecule has 0 aromatic heterocycles. The smallest absolute Gasteiger partial charge is 0.308 e. The van der Waals surface area contributed by atoms with E-state index in [4.69, 9.17) is 9.47 Å². The van der Waals surface area contributed by atoms with Crippen LogP contribution in [0.2, 0.25) is 0 Å². The molecule has 1 aromatic carbocycles. The summed E-state index contributed by atoms with van der Waals surface area (Å²) in [6.07, 6.45) is 8.22. The first kappa shape index (κ1) is 23.5. The van der Waals surface area contributed by atoms with Crippen molar-refractivity contribution in [2.24, 2.45) is 28.1 Å². The third-order valence-electron chi connectivity index (χ3n) is 12.2. The Morgan fingerprint density at radius 3 is 2.61 bits per heavy atom. The van der Waals surface area contributed by atoms with Gasteiger partial charge in [-0.15, -0.1) is 0 Å². The second kappa shape index (κ2) is 6.88. The van der Waals surface area contributed by atoms with E-state index in [-0.39, 0.29) is 39.7 Å². The van der Waals surface area contributed by atoms with E-state index in [2.05, 4.69) is 45.6 Å². The first-order valence-corrected chi connectivity index (χ1v) is 14.3. The van der Waals surface area contributed by atoms with E-state index in [9.17, 15) is 9.90 Å². The van der Waals surface area contributed by atoms with Gasteiger partial charge in [0.15, 0.2) is 11.5 Å². The number of nitrogens with zero attached hydrogens (tertiary/aromatic N) is 1. The number of ether oxygens (including phenoxy) is 2. The van der Waals surface area contributed by atoms with Crippen LogP contribution >= 0.6 is 0 Å². The molecule has 196 valence electrons. The number of likely N-dealkylation sites (tertiary alicyclic amines) is 1. The zero-order chi connectivity index (χ0) is 25.5. The fourth-order valence-electron chi connectivity index (χ4n) is 9.94. The quantitative estimate of drug-likeness (QED) is 0.458. The van der Waals surface area contributed by atoms with Gasteiger partial charge in [-0.1, -0.05) is 33.8 Å². The summed E-state index contributed by atoms with van der Waals surface area (Å²) in [7, 11) is 0. The van der Waals surface area contributed by atoms with E-state index >= 15 is 0 Å². The molecular weight excluding hydrogens is 450 g/mol. The molecule has 0 amide bonds. The van der Waals surface area contributed by atoms with Crippen LogP contribution in [0.15, 0.2) is 12.1 Å². The molecule has 2 aliphatic heterocycles. The molecule has 7 atom stereocenters. The summed E-state index contributed by atoms with van der Waals surface area (Å²) in [6.45, 7) is 14.9. The maximum atomic E-state index is 12.2. The summed E-state index contributed by atoms with van der Waals surface area (Å²) in [6, 6.07) is 4.67. The number of benzene rings is 1. The van der Waals surface area contributed by atoms with Crippen molar-refractivity contribution in [2.45, 2.75) is 110 Å². The van der Waals surface area contributed by atoms with Gasteiger partial charge in [0.1, 0.15) is 6.10 Å². The number of hydrogen-bond acceptors (Lipinski definition) is 5. The molecule has 36 heavy (non-hydrogen) atoms. The van der Waals surface area contributed by atoms with Crippen LogP contribution in [0, 0.1) is 28.1 Å². The van der Waals surface area contributed by atoms with Crippen molar-refractivity contribution < 1.29 is 19.4 Å². The fraction of sp³-hybridized carbons (Fsp3) is 0.774. The second-order valence-electron chi connectivity index (χ2n) is 14.7. The number of fused-ring (bicyclic) bond motifs is 2. The summed E-state index contributed by atoms with van der Waals surface area (Å²) in [5, 5.41) is 12.2. The predicted molar refractivity (Wildman–Crippen MR) is 138 cm³/mol. The molecule has 5 nitrogen and oxygen atoms in total. The van der Waals surface area contributed by atoms with Crippen LogP contribution in [0.25, 0.3) is 0 Å². The monoisotopic (exact) mass is 493 g/mol. The maximum Gasteiger partial charge on any atom is 0.308 e. The van der Waals surface area contributed by atoms with E-state index in [1.807, 2.05) is 6.07 Å². The van der Waals surface area contributed by atoms with Gasteiger partial charge in [-0.3, -0.25) is 9.69 Å². The third kappa shape index (κ3) is 2.62. The Hall–Kier alpha value is -1.59. The van der Waals surface area contributed by atoms with E-state index in [0.717, 1.165) is 43.9 Å². The highest BCUT2D eigenvalue weighted by atomic mass is 16.6. The Morgan fingerprint density at radius 2 is 1.94 bits per heavy atom. The van der Waals surface area contributed by atoms with Crippen molar-refractivity contribution in [3.63, 3.8) is 0 Å². The molecule has 8 rings (SSSR count). The maximum absolute atomic E-state index is 12.2. The van der Waals surface area contributed by atoms with E-state index in [1.54, 1.807) is 0 Å². The SMILES string of the molecule is CC(=O)Oc1ccc2c3c1O[C@H]1C4(C)CCC5(CC4C(C)(O)C(C)(C)C)C(C2)N(CC2CC2)CC[C@]315. The van der Waals surface area contributed by atoms with Gasteiger partial charge >= 0.3 is 5.97 Å². The number of carbonyl (C=O) groups is 1. The number of carbonyl (C=O) groups excluding carboxylic acids is 1. The Kier molecular flexibility index (Phi) is 4.50. The average Bonchev–Trinajstić information content (AvgIpc) is 3.52. The molecule has 2 heterocycles.